The van der Waals surface area contributed by atoms with Crippen LogP contribution in [0.15, 0.2) is 9.72 Å². The highest BCUT2D eigenvalue weighted by Gasteiger charge is 2.17. The van der Waals surface area contributed by atoms with E-state index in [-0.39, 0.29) is 5.91 Å². The summed E-state index contributed by atoms with van der Waals surface area (Å²) < 4.78 is 6.18. The Kier molecular flexibility index (Phi) is 4.20. The highest BCUT2D eigenvalue weighted by molar-refractivity contribution is 8.01. The molecule has 0 N–H and O–H groups in total. The summed E-state index contributed by atoms with van der Waals surface area (Å²) >= 11 is 3.11. The van der Waals surface area contributed by atoms with Gasteiger partial charge in [-0.25, -0.2) is 4.98 Å². The van der Waals surface area contributed by atoms with Gasteiger partial charge in [-0.3, -0.25) is 4.79 Å². The number of ether oxygens (including phenoxy) is 1. The van der Waals surface area contributed by atoms with Crippen molar-refractivity contribution in [3.05, 3.63) is 11.1 Å². The van der Waals surface area contributed by atoms with Gasteiger partial charge in [-0.05, 0) is 6.92 Å². The quantitative estimate of drug-likeness (QED) is 0.769. The monoisotopic (exact) mass is 258 g/mol. The Balaban J connectivity index is 1.78. The number of thioether (sulfide) groups is 1. The van der Waals surface area contributed by atoms with Gasteiger partial charge >= 0.3 is 0 Å². The van der Waals surface area contributed by atoms with Crippen molar-refractivity contribution >= 4 is 29.0 Å². The number of nitrogens with zero attached hydrogens (tertiary/aromatic N) is 2. The molecule has 0 spiro atoms. The molecule has 0 aromatic carbocycles. The van der Waals surface area contributed by atoms with Crippen molar-refractivity contribution in [2.75, 3.05) is 32.1 Å². The maximum absolute atomic E-state index is 11.8. The van der Waals surface area contributed by atoms with Crippen LogP contribution in [0, 0.1) is 6.92 Å². The van der Waals surface area contributed by atoms with Gasteiger partial charge in [0, 0.05) is 24.2 Å². The lowest BCUT2D eigenvalue weighted by Crippen LogP contribution is -2.41. The Bertz CT molecular complexity index is 361. The molecule has 0 bridgehead atoms. The normalized spacial score (nSPS) is 16.4. The summed E-state index contributed by atoms with van der Waals surface area (Å²) in [7, 11) is 0. The molecular weight excluding hydrogens is 244 g/mol. The van der Waals surface area contributed by atoms with Crippen molar-refractivity contribution < 1.29 is 9.53 Å². The third-order valence-electron chi connectivity index (χ3n) is 2.28. The summed E-state index contributed by atoms with van der Waals surface area (Å²) in [6.07, 6.45) is 0. The standard InChI is InChI=1S/C10H14N2O2S2/c1-8-6-15-10(11-8)16-7-9(13)12-2-4-14-5-3-12/h6H,2-5,7H2,1H3. The van der Waals surface area contributed by atoms with E-state index in [0.717, 1.165) is 23.1 Å². The number of hydrogen-bond acceptors (Lipinski definition) is 5. The first-order chi connectivity index (χ1) is 7.75. The minimum atomic E-state index is 0.182. The largest absolute Gasteiger partial charge is 0.378 e. The van der Waals surface area contributed by atoms with Crippen LogP contribution in [0.1, 0.15) is 5.69 Å². The molecule has 2 rings (SSSR count). The summed E-state index contributed by atoms with van der Waals surface area (Å²) in [6, 6.07) is 0. The van der Waals surface area contributed by atoms with Gasteiger partial charge in [0.25, 0.3) is 0 Å². The SMILES string of the molecule is Cc1csc(SCC(=O)N2CCOCC2)n1. The average Bonchev–Trinajstić information content (AvgIpc) is 2.73. The Morgan fingerprint density at radius 1 is 1.62 bits per heavy atom. The summed E-state index contributed by atoms with van der Waals surface area (Å²) in [5.74, 6) is 0.661. The van der Waals surface area contributed by atoms with E-state index in [1.807, 2.05) is 17.2 Å². The van der Waals surface area contributed by atoms with Crippen LogP contribution in [0.3, 0.4) is 0 Å². The van der Waals surface area contributed by atoms with Gasteiger partial charge in [-0.15, -0.1) is 11.3 Å². The molecule has 1 amide bonds. The molecule has 1 aromatic heterocycles. The lowest BCUT2D eigenvalue weighted by molar-refractivity contribution is -0.132. The van der Waals surface area contributed by atoms with Crippen molar-refractivity contribution in [1.29, 1.82) is 0 Å². The summed E-state index contributed by atoms with van der Waals surface area (Å²) in [5, 5.41) is 2.00. The molecule has 0 saturated carbocycles. The number of carbonyl (C=O) groups is 1. The van der Waals surface area contributed by atoms with Crippen LogP contribution in [-0.2, 0) is 9.53 Å². The minimum absolute atomic E-state index is 0.182. The number of rotatable bonds is 3. The third kappa shape index (κ3) is 3.20. The molecule has 0 radical (unpaired) electrons. The molecule has 6 heteroatoms. The first-order valence-electron chi connectivity index (χ1n) is 5.16. The first-order valence-corrected chi connectivity index (χ1v) is 7.02. The Morgan fingerprint density at radius 2 is 2.38 bits per heavy atom. The topological polar surface area (TPSA) is 42.4 Å². The first kappa shape index (κ1) is 11.9. The van der Waals surface area contributed by atoms with Gasteiger partial charge in [0.05, 0.1) is 19.0 Å². The molecule has 88 valence electrons. The number of carbonyl (C=O) groups excluding carboxylic acids is 1. The zero-order valence-corrected chi connectivity index (χ0v) is 10.8. The second-order valence-corrected chi connectivity index (χ2v) is 5.62. The second-order valence-electron chi connectivity index (χ2n) is 3.54. The average molecular weight is 258 g/mol. The van der Waals surface area contributed by atoms with Gasteiger partial charge < -0.3 is 9.64 Å². The zero-order valence-electron chi connectivity index (χ0n) is 9.14. The van der Waals surface area contributed by atoms with E-state index in [1.165, 1.54) is 11.8 Å². The number of morpholine rings is 1. The van der Waals surface area contributed by atoms with E-state index < -0.39 is 0 Å². The molecule has 1 aliphatic rings. The van der Waals surface area contributed by atoms with Crippen LogP contribution in [0.2, 0.25) is 0 Å². The van der Waals surface area contributed by atoms with Gasteiger partial charge in [-0.2, -0.15) is 0 Å². The van der Waals surface area contributed by atoms with Crippen LogP contribution in [0.5, 0.6) is 0 Å². The number of aromatic nitrogens is 1. The molecule has 0 aliphatic carbocycles. The Morgan fingerprint density at radius 3 is 3.00 bits per heavy atom. The highest BCUT2D eigenvalue weighted by atomic mass is 32.2. The summed E-state index contributed by atoms with van der Waals surface area (Å²) in [6.45, 7) is 4.72. The predicted molar refractivity (Wildman–Crippen MR) is 65.0 cm³/mol. The maximum Gasteiger partial charge on any atom is 0.233 e. The van der Waals surface area contributed by atoms with E-state index >= 15 is 0 Å². The molecule has 1 aliphatic heterocycles. The Hall–Kier alpha value is -0.590. The van der Waals surface area contributed by atoms with Crippen molar-refractivity contribution in [2.24, 2.45) is 0 Å². The van der Waals surface area contributed by atoms with Crippen LogP contribution >= 0.6 is 23.1 Å². The van der Waals surface area contributed by atoms with Crippen molar-refractivity contribution in [1.82, 2.24) is 9.88 Å². The fraction of sp³-hybridized carbons (Fsp3) is 0.600. The van der Waals surface area contributed by atoms with E-state index in [4.69, 9.17) is 4.74 Å². The lowest BCUT2D eigenvalue weighted by atomic mass is 10.4. The number of thiazole rings is 1. The molecule has 0 unspecified atom stereocenters. The molecule has 2 heterocycles. The van der Waals surface area contributed by atoms with Crippen LogP contribution < -0.4 is 0 Å². The molecule has 1 fully saturated rings. The molecule has 1 aromatic rings. The van der Waals surface area contributed by atoms with Crippen molar-refractivity contribution in [2.45, 2.75) is 11.3 Å². The fourth-order valence-electron chi connectivity index (χ4n) is 1.43. The zero-order chi connectivity index (χ0) is 11.4. The van der Waals surface area contributed by atoms with E-state index in [9.17, 15) is 4.79 Å². The fourth-order valence-corrected chi connectivity index (χ4v) is 3.18. The number of aryl methyl sites for hydroxylation is 1. The van der Waals surface area contributed by atoms with E-state index in [2.05, 4.69) is 4.98 Å². The molecule has 1 saturated heterocycles. The van der Waals surface area contributed by atoms with Crippen LogP contribution in [0.4, 0.5) is 0 Å². The number of amides is 1. The molecule has 16 heavy (non-hydrogen) atoms. The second kappa shape index (κ2) is 5.65. The molecule has 0 atom stereocenters. The predicted octanol–water partition coefficient (Wildman–Crippen LogP) is 1.40. The van der Waals surface area contributed by atoms with Crippen molar-refractivity contribution in [3.8, 4) is 0 Å². The van der Waals surface area contributed by atoms with Gasteiger partial charge in [-0.1, -0.05) is 11.8 Å². The lowest BCUT2D eigenvalue weighted by Gasteiger charge is -2.26. The number of hydrogen-bond donors (Lipinski definition) is 0. The molecular formula is C10H14N2O2S2. The van der Waals surface area contributed by atoms with Gasteiger partial charge in [0.15, 0.2) is 4.34 Å². The highest BCUT2D eigenvalue weighted by Crippen LogP contribution is 2.22. The van der Waals surface area contributed by atoms with E-state index in [0.29, 0.717) is 19.0 Å². The minimum Gasteiger partial charge on any atom is -0.378 e. The molecule has 4 nitrogen and oxygen atoms in total. The van der Waals surface area contributed by atoms with Gasteiger partial charge in [0.1, 0.15) is 0 Å². The van der Waals surface area contributed by atoms with Crippen LogP contribution in [-0.4, -0.2) is 47.8 Å². The summed E-state index contributed by atoms with van der Waals surface area (Å²) in [4.78, 5) is 18.0. The summed E-state index contributed by atoms with van der Waals surface area (Å²) in [5.41, 5.74) is 1.02. The van der Waals surface area contributed by atoms with Crippen LogP contribution in [0.25, 0.3) is 0 Å². The third-order valence-corrected chi connectivity index (χ3v) is 4.40. The Labute approximate surface area is 103 Å². The smallest absolute Gasteiger partial charge is 0.233 e. The maximum atomic E-state index is 11.8. The van der Waals surface area contributed by atoms with Crippen molar-refractivity contribution in [3.63, 3.8) is 0 Å². The van der Waals surface area contributed by atoms with Gasteiger partial charge in [0.2, 0.25) is 5.91 Å². The van der Waals surface area contributed by atoms with E-state index in [1.54, 1.807) is 11.3 Å².